The number of hydrogen-bond acceptors (Lipinski definition) is 1. The van der Waals surface area contributed by atoms with E-state index >= 15 is 0 Å². The zero-order chi connectivity index (χ0) is 18.2. The van der Waals surface area contributed by atoms with Gasteiger partial charge in [-0.2, -0.15) is 0 Å². The van der Waals surface area contributed by atoms with Gasteiger partial charge in [0.2, 0.25) is 0 Å². The van der Waals surface area contributed by atoms with Crippen molar-refractivity contribution in [3.05, 3.63) is 36.0 Å². The summed E-state index contributed by atoms with van der Waals surface area (Å²) in [4.78, 5) is 4.96. The van der Waals surface area contributed by atoms with Gasteiger partial charge in [-0.3, -0.25) is 4.98 Å². The SMILES string of the molecule is [CH2]CCc1cc(CCCCCCCC)nc(CCCCCCCC)c1. The second kappa shape index (κ2) is 15.4. The molecule has 0 aliphatic carbocycles. The fourth-order valence-corrected chi connectivity index (χ4v) is 3.50. The van der Waals surface area contributed by atoms with Gasteiger partial charge in [-0.15, -0.1) is 0 Å². The number of rotatable bonds is 16. The van der Waals surface area contributed by atoms with Gasteiger partial charge < -0.3 is 0 Å². The van der Waals surface area contributed by atoms with Gasteiger partial charge in [0.05, 0.1) is 0 Å². The molecule has 0 fully saturated rings. The minimum Gasteiger partial charge on any atom is -0.258 e. The van der Waals surface area contributed by atoms with Crippen LogP contribution in [0.2, 0.25) is 0 Å². The Bertz CT molecular complexity index is 390. The fraction of sp³-hybridized carbons (Fsp3) is 0.750. The molecule has 1 aromatic rings. The molecular formula is C24H42N. The van der Waals surface area contributed by atoms with E-state index in [1.165, 1.54) is 94.0 Å². The lowest BCUT2D eigenvalue weighted by atomic mass is 10.0. The highest BCUT2D eigenvalue weighted by Gasteiger charge is 2.04. The van der Waals surface area contributed by atoms with Gasteiger partial charge in [0.25, 0.3) is 0 Å². The molecule has 0 saturated heterocycles. The van der Waals surface area contributed by atoms with Crippen molar-refractivity contribution in [1.29, 1.82) is 0 Å². The molecule has 1 rings (SSSR count). The van der Waals surface area contributed by atoms with E-state index in [0.29, 0.717) is 0 Å². The Morgan fingerprint density at radius 1 is 0.640 bits per heavy atom. The summed E-state index contributed by atoms with van der Waals surface area (Å²) in [6.07, 6.45) is 20.7. The van der Waals surface area contributed by atoms with Crippen molar-refractivity contribution in [1.82, 2.24) is 4.98 Å². The molecule has 1 radical (unpaired) electrons. The molecule has 1 aromatic heterocycles. The zero-order valence-corrected chi connectivity index (χ0v) is 17.1. The molecule has 0 unspecified atom stereocenters. The van der Waals surface area contributed by atoms with Gasteiger partial charge in [-0.1, -0.05) is 85.0 Å². The summed E-state index contributed by atoms with van der Waals surface area (Å²) in [5.41, 5.74) is 4.09. The molecule has 0 aromatic carbocycles. The van der Waals surface area contributed by atoms with Gasteiger partial charge >= 0.3 is 0 Å². The molecule has 0 N–H and O–H groups in total. The highest BCUT2D eigenvalue weighted by Crippen LogP contribution is 2.15. The number of aromatic nitrogens is 1. The van der Waals surface area contributed by atoms with Crippen LogP contribution >= 0.6 is 0 Å². The van der Waals surface area contributed by atoms with Crippen molar-refractivity contribution >= 4 is 0 Å². The van der Waals surface area contributed by atoms with Gasteiger partial charge in [-0.25, -0.2) is 0 Å². The molecule has 0 amide bonds. The van der Waals surface area contributed by atoms with Crippen LogP contribution in [0.1, 0.15) is 114 Å². The average Bonchev–Trinajstić information content (AvgIpc) is 2.61. The van der Waals surface area contributed by atoms with E-state index in [9.17, 15) is 0 Å². The maximum Gasteiger partial charge on any atom is 0.0409 e. The maximum absolute atomic E-state index is 4.96. The summed E-state index contributed by atoms with van der Waals surface area (Å²) >= 11 is 0. The summed E-state index contributed by atoms with van der Waals surface area (Å²) in [7, 11) is 0. The third kappa shape index (κ3) is 11.4. The predicted octanol–water partition coefficient (Wildman–Crippen LogP) is 7.65. The molecule has 0 aliphatic heterocycles. The molecule has 0 spiro atoms. The molecule has 1 nitrogen and oxygen atoms in total. The van der Waals surface area contributed by atoms with Crippen LogP contribution in [0.5, 0.6) is 0 Å². The first kappa shape index (κ1) is 22.2. The third-order valence-corrected chi connectivity index (χ3v) is 5.03. The highest BCUT2D eigenvalue weighted by molar-refractivity contribution is 5.22. The normalized spacial score (nSPS) is 11.2. The summed E-state index contributed by atoms with van der Waals surface area (Å²) in [5, 5.41) is 0. The Hall–Kier alpha value is -0.850. The second-order valence-corrected chi connectivity index (χ2v) is 7.60. The van der Waals surface area contributed by atoms with Crippen molar-refractivity contribution in [3.63, 3.8) is 0 Å². The van der Waals surface area contributed by atoms with Crippen LogP contribution < -0.4 is 0 Å². The molecule has 1 heteroatoms. The highest BCUT2D eigenvalue weighted by atomic mass is 14.7. The molecule has 0 saturated carbocycles. The molecule has 0 bridgehead atoms. The number of nitrogens with zero attached hydrogens (tertiary/aromatic N) is 1. The summed E-state index contributed by atoms with van der Waals surface area (Å²) in [6.45, 7) is 8.59. The van der Waals surface area contributed by atoms with Gasteiger partial charge in [-0.05, 0) is 56.2 Å². The number of hydrogen-bond donors (Lipinski definition) is 0. The van der Waals surface area contributed by atoms with Crippen LogP contribution in [-0.2, 0) is 19.3 Å². The Morgan fingerprint density at radius 2 is 1.08 bits per heavy atom. The minimum atomic E-state index is 0.983. The van der Waals surface area contributed by atoms with E-state index in [1.807, 2.05) is 0 Å². The Labute approximate surface area is 158 Å². The smallest absolute Gasteiger partial charge is 0.0409 e. The first-order valence-electron chi connectivity index (χ1n) is 11.1. The molecule has 25 heavy (non-hydrogen) atoms. The maximum atomic E-state index is 4.96. The Morgan fingerprint density at radius 3 is 1.52 bits per heavy atom. The van der Waals surface area contributed by atoms with Crippen LogP contribution in [0.4, 0.5) is 0 Å². The lowest BCUT2D eigenvalue weighted by Gasteiger charge is -2.09. The van der Waals surface area contributed by atoms with E-state index in [1.54, 1.807) is 0 Å². The predicted molar refractivity (Wildman–Crippen MR) is 112 cm³/mol. The summed E-state index contributed by atoms with van der Waals surface area (Å²) in [6, 6.07) is 4.67. The lowest BCUT2D eigenvalue weighted by molar-refractivity contribution is 0.598. The first-order valence-corrected chi connectivity index (χ1v) is 11.1. The third-order valence-electron chi connectivity index (χ3n) is 5.03. The molecular weight excluding hydrogens is 302 g/mol. The van der Waals surface area contributed by atoms with Crippen molar-refractivity contribution < 1.29 is 0 Å². The van der Waals surface area contributed by atoms with Crippen molar-refractivity contribution in [2.24, 2.45) is 0 Å². The molecule has 0 aliphatic rings. The van der Waals surface area contributed by atoms with Crippen molar-refractivity contribution in [3.8, 4) is 0 Å². The molecule has 0 atom stereocenters. The zero-order valence-electron chi connectivity index (χ0n) is 17.1. The summed E-state index contributed by atoms with van der Waals surface area (Å²) in [5.74, 6) is 0. The van der Waals surface area contributed by atoms with Crippen molar-refractivity contribution in [2.45, 2.75) is 117 Å². The van der Waals surface area contributed by atoms with E-state index in [4.69, 9.17) is 4.98 Å². The van der Waals surface area contributed by atoms with Crippen molar-refractivity contribution in [2.75, 3.05) is 0 Å². The number of aryl methyl sites for hydroxylation is 3. The largest absolute Gasteiger partial charge is 0.258 e. The Balaban J connectivity index is 2.41. The number of unbranched alkanes of at least 4 members (excludes halogenated alkanes) is 10. The van der Waals surface area contributed by atoms with E-state index < -0.39 is 0 Å². The fourth-order valence-electron chi connectivity index (χ4n) is 3.50. The van der Waals surface area contributed by atoms with E-state index in [2.05, 4.69) is 32.9 Å². The first-order chi connectivity index (χ1) is 12.3. The van der Waals surface area contributed by atoms with Gasteiger partial charge in [0.15, 0.2) is 0 Å². The van der Waals surface area contributed by atoms with Crippen LogP contribution in [0.25, 0.3) is 0 Å². The topological polar surface area (TPSA) is 12.9 Å². The standard InChI is InChI=1S/C24H42N/c1-4-7-9-11-13-15-18-23-20-22(17-6-3)21-24(25-23)19-16-14-12-10-8-5-2/h20-21H,3-19H2,1-2H3. The molecule has 143 valence electrons. The quantitative estimate of drug-likeness (QED) is 0.280. The van der Waals surface area contributed by atoms with Crippen LogP contribution in [0, 0.1) is 6.92 Å². The van der Waals surface area contributed by atoms with Crippen LogP contribution in [-0.4, -0.2) is 4.98 Å². The van der Waals surface area contributed by atoms with E-state index in [-0.39, 0.29) is 0 Å². The average molecular weight is 345 g/mol. The second-order valence-electron chi connectivity index (χ2n) is 7.60. The monoisotopic (exact) mass is 344 g/mol. The molecule has 1 heterocycles. The van der Waals surface area contributed by atoms with Crippen LogP contribution in [0.15, 0.2) is 12.1 Å². The van der Waals surface area contributed by atoms with E-state index in [0.717, 1.165) is 25.7 Å². The lowest BCUT2D eigenvalue weighted by Crippen LogP contribution is -2.00. The van der Waals surface area contributed by atoms with Crippen LogP contribution in [0.3, 0.4) is 0 Å². The minimum absolute atomic E-state index is 0.983. The summed E-state index contributed by atoms with van der Waals surface area (Å²) < 4.78 is 0. The van der Waals surface area contributed by atoms with Gasteiger partial charge in [0.1, 0.15) is 0 Å². The Kier molecular flexibility index (Phi) is 13.7. The van der Waals surface area contributed by atoms with Gasteiger partial charge in [0, 0.05) is 11.4 Å². The number of pyridine rings is 1.